The summed E-state index contributed by atoms with van der Waals surface area (Å²) in [6.45, 7) is 5.73. The Morgan fingerprint density at radius 3 is 2.37 bits per heavy atom. The number of benzene rings is 3. The molecule has 0 saturated heterocycles. The molecule has 0 spiro atoms. The van der Waals surface area contributed by atoms with E-state index in [-0.39, 0.29) is 24.5 Å². The third kappa shape index (κ3) is 5.26. The molecule has 0 aliphatic heterocycles. The molecule has 3 aromatic carbocycles. The SMILES string of the molecule is Cc1cccc(OCC(=O)Nc2ccccc2C(=O)NC(C)c2ccccc2)c1C. The zero-order valence-electron chi connectivity index (χ0n) is 17.4. The monoisotopic (exact) mass is 402 g/mol. The lowest BCUT2D eigenvalue weighted by molar-refractivity contribution is -0.118. The van der Waals surface area contributed by atoms with Gasteiger partial charge in [0.2, 0.25) is 0 Å². The molecule has 0 aliphatic carbocycles. The second-order valence-corrected chi connectivity index (χ2v) is 7.19. The van der Waals surface area contributed by atoms with Gasteiger partial charge in [0.25, 0.3) is 11.8 Å². The lowest BCUT2D eigenvalue weighted by Gasteiger charge is -2.16. The predicted molar refractivity (Wildman–Crippen MR) is 119 cm³/mol. The van der Waals surface area contributed by atoms with Gasteiger partial charge in [-0.25, -0.2) is 0 Å². The zero-order valence-corrected chi connectivity index (χ0v) is 17.4. The Labute approximate surface area is 177 Å². The molecule has 1 atom stereocenters. The predicted octanol–water partition coefficient (Wildman–Crippen LogP) is 4.81. The third-order valence-electron chi connectivity index (χ3n) is 5.01. The summed E-state index contributed by atoms with van der Waals surface area (Å²) in [6.07, 6.45) is 0. The fourth-order valence-electron chi connectivity index (χ4n) is 3.10. The Kier molecular flexibility index (Phi) is 6.86. The first-order valence-corrected chi connectivity index (χ1v) is 9.89. The molecule has 0 radical (unpaired) electrons. The van der Waals surface area contributed by atoms with Crippen LogP contribution in [0.25, 0.3) is 0 Å². The highest BCUT2D eigenvalue weighted by atomic mass is 16.5. The van der Waals surface area contributed by atoms with Crippen LogP contribution >= 0.6 is 0 Å². The van der Waals surface area contributed by atoms with Gasteiger partial charge in [-0.2, -0.15) is 0 Å². The molecule has 0 bridgehead atoms. The maximum absolute atomic E-state index is 12.8. The summed E-state index contributed by atoms with van der Waals surface area (Å²) in [5, 5.41) is 5.76. The molecular formula is C25H26N2O3. The van der Waals surface area contributed by atoms with Crippen molar-refractivity contribution in [1.29, 1.82) is 0 Å². The largest absolute Gasteiger partial charge is 0.483 e. The van der Waals surface area contributed by atoms with Crippen molar-refractivity contribution in [2.75, 3.05) is 11.9 Å². The van der Waals surface area contributed by atoms with Crippen LogP contribution in [-0.4, -0.2) is 18.4 Å². The Morgan fingerprint density at radius 2 is 1.60 bits per heavy atom. The van der Waals surface area contributed by atoms with Gasteiger partial charge < -0.3 is 15.4 Å². The van der Waals surface area contributed by atoms with Crippen molar-refractivity contribution in [3.8, 4) is 5.75 Å². The number of hydrogen-bond donors (Lipinski definition) is 2. The van der Waals surface area contributed by atoms with E-state index in [0.29, 0.717) is 17.0 Å². The number of ether oxygens (including phenoxy) is 1. The molecule has 2 amide bonds. The number of aryl methyl sites for hydroxylation is 1. The van der Waals surface area contributed by atoms with Crippen molar-refractivity contribution in [3.05, 3.63) is 95.1 Å². The van der Waals surface area contributed by atoms with Gasteiger partial charge in [-0.1, -0.05) is 54.6 Å². The van der Waals surface area contributed by atoms with E-state index in [9.17, 15) is 9.59 Å². The van der Waals surface area contributed by atoms with Gasteiger partial charge in [0.15, 0.2) is 6.61 Å². The second kappa shape index (κ2) is 9.74. The van der Waals surface area contributed by atoms with Crippen LogP contribution in [0, 0.1) is 13.8 Å². The van der Waals surface area contributed by atoms with E-state index in [1.807, 2.05) is 69.3 Å². The van der Waals surface area contributed by atoms with Crippen LogP contribution in [-0.2, 0) is 4.79 Å². The summed E-state index contributed by atoms with van der Waals surface area (Å²) in [5.74, 6) is 0.0952. The third-order valence-corrected chi connectivity index (χ3v) is 5.01. The van der Waals surface area contributed by atoms with Gasteiger partial charge in [-0.05, 0) is 55.7 Å². The van der Waals surface area contributed by atoms with Crippen LogP contribution in [0.3, 0.4) is 0 Å². The molecule has 5 heteroatoms. The first kappa shape index (κ1) is 21.1. The molecular weight excluding hydrogens is 376 g/mol. The highest BCUT2D eigenvalue weighted by Gasteiger charge is 2.16. The zero-order chi connectivity index (χ0) is 21.5. The maximum Gasteiger partial charge on any atom is 0.262 e. The number of rotatable bonds is 7. The fraction of sp³-hybridized carbons (Fsp3) is 0.200. The maximum atomic E-state index is 12.8. The van der Waals surface area contributed by atoms with Crippen molar-refractivity contribution in [2.24, 2.45) is 0 Å². The molecule has 0 heterocycles. The Balaban J connectivity index is 1.65. The minimum Gasteiger partial charge on any atom is -0.483 e. The molecule has 3 rings (SSSR count). The number of amides is 2. The summed E-state index contributed by atoms with van der Waals surface area (Å²) in [5.41, 5.74) is 3.96. The average molecular weight is 402 g/mol. The van der Waals surface area contributed by atoms with Crippen LogP contribution in [0.5, 0.6) is 5.75 Å². The van der Waals surface area contributed by atoms with Crippen LogP contribution < -0.4 is 15.4 Å². The topological polar surface area (TPSA) is 67.4 Å². The van der Waals surface area contributed by atoms with E-state index in [2.05, 4.69) is 10.6 Å². The minimum atomic E-state index is -0.327. The summed E-state index contributed by atoms with van der Waals surface area (Å²) in [7, 11) is 0. The van der Waals surface area contributed by atoms with Gasteiger partial charge in [0.1, 0.15) is 5.75 Å². The highest BCUT2D eigenvalue weighted by Crippen LogP contribution is 2.21. The molecule has 0 fully saturated rings. The van der Waals surface area contributed by atoms with Crippen molar-refractivity contribution < 1.29 is 14.3 Å². The van der Waals surface area contributed by atoms with Crippen LogP contribution in [0.2, 0.25) is 0 Å². The number of carbonyl (C=O) groups is 2. The minimum absolute atomic E-state index is 0.138. The van der Waals surface area contributed by atoms with E-state index < -0.39 is 0 Å². The number of para-hydroxylation sites is 1. The number of nitrogens with one attached hydrogen (secondary N) is 2. The lowest BCUT2D eigenvalue weighted by Crippen LogP contribution is -2.28. The molecule has 0 aromatic heterocycles. The first-order valence-electron chi connectivity index (χ1n) is 9.89. The van der Waals surface area contributed by atoms with E-state index in [0.717, 1.165) is 16.7 Å². The van der Waals surface area contributed by atoms with Crippen molar-refractivity contribution >= 4 is 17.5 Å². The average Bonchev–Trinajstić information content (AvgIpc) is 2.75. The number of anilines is 1. The molecule has 30 heavy (non-hydrogen) atoms. The summed E-state index contributed by atoms with van der Waals surface area (Å²) in [6, 6.07) is 22.2. The molecule has 2 N–H and O–H groups in total. The molecule has 0 saturated carbocycles. The second-order valence-electron chi connectivity index (χ2n) is 7.19. The van der Waals surface area contributed by atoms with Gasteiger partial charge in [0.05, 0.1) is 17.3 Å². The summed E-state index contributed by atoms with van der Waals surface area (Å²) in [4.78, 5) is 25.2. The van der Waals surface area contributed by atoms with Crippen molar-refractivity contribution in [2.45, 2.75) is 26.8 Å². The lowest BCUT2D eigenvalue weighted by atomic mass is 10.1. The smallest absolute Gasteiger partial charge is 0.262 e. The van der Waals surface area contributed by atoms with Gasteiger partial charge in [-0.3, -0.25) is 9.59 Å². The van der Waals surface area contributed by atoms with E-state index in [1.54, 1.807) is 24.3 Å². The van der Waals surface area contributed by atoms with Crippen molar-refractivity contribution in [3.63, 3.8) is 0 Å². The quantitative estimate of drug-likeness (QED) is 0.596. The van der Waals surface area contributed by atoms with Crippen LogP contribution in [0.1, 0.15) is 40.0 Å². The fourth-order valence-corrected chi connectivity index (χ4v) is 3.10. The van der Waals surface area contributed by atoms with Gasteiger partial charge in [-0.15, -0.1) is 0 Å². The summed E-state index contributed by atoms with van der Waals surface area (Å²) < 4.78 is 5.66. The van der Waals surface area contributed by atoms with Crippen molar-refractivity contribution in [1.82, 2.24) is 5.32 Å². The first-order chi connectivity index (χ1) is 14.5. The van der Waals surface area contributed by atoms with Gasteiger partial charge >= 0.3 is 0 Å². The van der Waals surface area contributed by atoms with E-state index >= 15 is 0 Å². The van der Waals surface area contributed by atoms with Gasteiger partial charge in [0, 0.05) is 0 Å². The standard InChI is InChI=1S/C25H26N2O3/c1-17-10-9-15-23(18(17)2)30-16-24(28)27-22-14-8-7-13-21(22)25(29)26-19(3)20-11-5-4-6-12-20/h4-15,19H,16H2,1-3H3,(H,26,29)(H,27,28). The normalized spacial score (nSPS) is 11.4. The Hall–Kier alpha value is -3.60. The van der Waals surface area contributed by atoms with E-state index in [4.69, 9.17) is 4.74 Å². The number of carbonyl (C=O) groups excluding carboxylic acids is 2. The molecule has 1 unspecified atom stereocenters. The summed E-state index contributed by atoms with van der Waals surface area (Å²) >= 11 is 0. The van der Waals surface area contributed by atoms with Crippen LogP contribution in [0.15, 0.2) is 72.8 Å². The molecule has 3 aromatic rings. The van der Waals surface area contributed by atoms with E-state index in [1.165, 1.54) is 0 Å². The molecule has 5 nitrogen and oxygen atoms in total. The Morgan fingerprint density at radius 1 is 0.900 bits per heavy atom. The number of hydrogen-bond acceptors (Lipinski definition) is 3. The van der Waals surface area contributed by atoms with Crippen LogP contribution in [0.4, 0.5) is 5.69 Å². The highest BCUT2D eigenvalue weighted by molar-refractivity contribution is 6.04. The molecule has 154 valence electrons. The Bertz CT molecular complexity index is 1030. The molecule has 0 aliphatic rings.